The highest BCUT2D eigenvalue weighted by Gasteiger charge is 2.20. The first-order chi connectivity index (χ1) is 15.8. The Kier molecular flexibility index (Phi) is 6.72. The molecular weight excluding hydrogens is 456 g/mol. The maximum Gasteiger partial charge on any atom is 0.234 e. The third-order valence-corrected chi connectivity index (χ3v) is 6.50. The summed E-state index contributed by atoms with van der Waals surface area (Å²) in [6, 6.07) is 18.5. The van der Waals surface area contributed by atoms with Gasteiger partial charge < -0.3 is 10.4 Å². The smallest absolute Gasteiger partial charge is 0.234 e. The van der Waals surface area contributed by atoms with Crippen molar-refractivity contribution in [2.45, 2.75) is 25.9 Å². The number of para-hydroxylation sites is 1. The predicted octanol–water partition coefficient (Wildman–Crippen LogP) is 5.95. The Balaban J connectivity index is 1.64. The zero-order valence-corrected chi connectivity index (χ0v) is 20.0. The van der Waals surface area contributed by atoms with E-state index in [1.54, 1.807) is 30.3 Å². The van der Waals surface area contributed by atoms with Gasteiger partial charge in [0.05, 0.1) is 17.0 Å². The molecular formula is C25H23ClN4O2S. The van der Waals surface area contributed by atoms with Crippen LogP contribution < -0.4 is 5.32 Å². The van der Waals surface area contributed by atoms with Gasteiger partial charge in [0.25, 0.3) is 0 Å². The molecule has 1 amide bonds. The molecule has 1 heterocycles. The fourth-order valence-electron chi connectivity index (χ4n) is 3.52. The number of carbonyl (C=O) groups excluding carboxylic acids is 1. The summed E-state index contributed by atoms with van der Waals surface area (Å²) in [7, 11) is 0. The third-order valence-electron chi connectivity index (χ3n) is 5.15. The summed E-state index contributed by atoms with van der Waals surface area (Å²) in [5.74, 6) is 0.603. The van der Waals surface area contributed by atoms with Crippen molar-refractivity contribution in [1.29, 1.82) is 0 Å². The molecule has 4 rings (SSSR count). The molecule has 6 nitrogen and oxygen atoms in total. The topological polar surface area (TPSA) is 80.0 Å². The molecule has 0 aliphatic carbocycles. The maximum atomic E-state index is 12.6. The van der Waals surface area contributed by atoms with E-state index in [4.69, 9.17) is 11.6 Å². The van der Waals surface area contributed by atoms with Crippen LogP contribution in [-0.4, -0.2) is 31.5 Å². The Morgan fingerprint density at radius 1 is 1.03 bits per heavy atom. The van der Waals surface area contributed by atoms with Crippen LogP contribution in [0.3, 0.4) is 0 Å². The molecule has 168 valence electrons. The van der Waals surface area contributed by atoms with E-state index in [1.807, 2.05) is 49.6 Å². The number of nitrogens with zero attached hydrogens (tertiary/aromatic N) is 3. The van der Waals surface area contributed by atoms with Crippen molar-refractivity contribution in [2.24, 2.45) is 0 Å². The van der Waals surface area contributed by atoms with Crippen molar-refractivity contribution < 1.29 is 9.90 Å². The SMILES string of the molecule is Cc1ccc(-n2c(SCC(=O)Nc3ccc(Cl)c(C)c3)nnc2-c2ccccc2O)c(C)c1. The summed E-state index contributed by atoms with van der Waals surface area (Å²) in [6.45, 7) is 5.94. The van der Waals surface area contributed by atoms with Gasteiger partial charge in [-0.05, 0) is 68.3 Å². The Morgan fingerprint density at radius 2 is 1.82 bits per heavy atom. The number of aromatic nitrogens is 3. The average Bonchev–Trinajstić information content (AvgIpc) is 3.18. The van der Waals surface area contributed by atoms with Crippen LogP contribution in [0.5, 0.6) is 5.75 Å². The number of rotatable bonds is 6. The number of carbonyl (C=O) groups is 1. The summed E-state index contributed by atoms with van der Waals surface area (Å²) < 4.78 is 1.88. The van der Waals surface area contributed by atoms with Gasteiger partial charge >= 0.3 is 0 Å². The number of nitrogens with one attached hydrogen (secondary N) is 1. The van der Waals surface area contributed by atoms with Crippen LogP contribution in [0.25, 0.3) is 17.1 Å². The molecule has 0 fully saturated rings. The Labute approximate surface area is 201 Å². The molecule has 0 aliphatic rings. The van der Waals surface area contributed by atoms with Gasteiger partial charge in [0, 0.05) is 10.7 Å². The fourth-order valence-corrected chi connectivity index (χ4v) is 4.39. The van der Waals surface area contributed by atoms with Crippen LogP contribution in [0.15, 0.2) is 65.8 Å². The highest BCUT2D eigenvalue weighted by molar-refractivity contribution is 7.99. The molecule has 0 unspecified atom stereocenters. The number of benzene rings is 3. The van der Waals surface area contributed by atoms with E-state index >= 15 is 0 Å². The van der Waals surface area contributed by atoms with Crippen molar-refractivity contribution in [3.63, 3.8) is 0 Å². The molecule has 33 heavy (non-hydrogen) atoms. The van der Waals surface area contributed by atoms with Gasteiger partial charge in [0.2, 0.25) is 5.91 Å². The number of aromatic hydroxyl groups is 1. The minimum absolute atomic E-state index is 0.114. The molecule has 0 bridgehead atoms. The molecule has 0 saturated heterocycles. The Morgan fingerprint density at radius 3 is 2.55 bits per heavy atom. The maximum absolute atomic E-state index is 12.6. The number of anilines is 1. The minimum Gasteiger partial charge on any atom is -0.507 e. The number of amides is 1. The monoisotopic (exact) mass is 478 g/mol. The lowest BCUT2D eigenvalue weighted by Crippen LogP contribution is -2.14. The van der Waals surface area contributed by atoms with Crippen molar-refractivity contribution in [2.75, 3.05) is 11.1 Å². The van der Waals surface area contributed by atoms with E-state index in [0.717, 1.165) is 22.4 Å². The average molecular weight is 479 g/mol. The third kappa shape index (κ3) is 5.05. The second kappa shape index (κ2) is 9.68. The van der Waals surface area contributed by atoms with E-state index < -0.39 is 0 Å². The quantitative estimate of drug-likeness (QED) is 0.335. The number of hydrogen-bond donors (Lipinski definition) is 2. The fraction of sp³-hybridized carbons (Fsp3) is 0.160. The van der Waals surface area contributed by atoms with Crippen LogP contribution >= 0.6 is 23.4 Å². The summed E-state index contributed by atoms with van der Waals surface area (Å²) in [5, 5.41) is 23.2. The molecule has 1 aromatic heterocycles. The first kappa shape index (κ1) is 22.9. The van der Waals surface area contributed by atoms with Crippen LogP contribution in [0, 0.1) is 20.8 Å². The lowest BCUT2D eigenvalue weighted by molar-refractivity contribution is -0.113. The van der Waals surface area contributed by atoms with Gasteiger partial charge in [0.1, 0.15) is 5.75 Å². The normalized spacial score (nSPS) is 10.9. The van der Waals surface area contributed by atoms with Gasteiger partial charge in [-0.25, -0.2) is 0 Å². The summed E-state index contributed by atoms with van der Waals surface area (Å²) in [5.41, 5.74) is 5.21. The second-order valence-electron chi connectivity index (χ2n) is 7.75. The van der Waals surface area contributed by atoms with Gasteiger partial charge in [-0.3, -0.25) is 9.36 Å². The number of aryl methyl sites for hydroxylation is 3. The van der Waals surface area contributed by atoms with Crippen molar-refractivity contribution in [1.82, 2.24) is 14.8 Å². The highest BCUT2D eigenvalue weighted by atomic mass is 35.5. The lowest BCUT2D eigenvalue weighted by Gasteiger charge is -2.14. The summed E-state index contributed by atoms with van der Waals surface area (Å²) in [4.78, 5) is 12.6. The molecule has 0 spiro atoms. The Bertz CT molecular complexity index is 1340. The predicted molar refractivity (Wildman–Crippen MR) is 133 cm³/mol. The van der Waals surface area contributed by atoms with Crippen molar-refractivity contribution in [3.8, 4) is 22.8 Å². The minimum atomic E-state index is -0.166. The zero-order valence-electron chi connectivity index (χ0n) is 18.5. The van der Waals surface area contributed by atoms with Gasteiger partial charge in [0.15, 0.2) is 11.0 Å². The number of halogens is 1. The largest absolute Gasteiger partial charge is 0.507 e. The van der Waals surface area contributed by atoms with Crippen molar-refractivity contribution >= 4 is 35.0 Å². The standard InChI is InChI=1S/C25H23ClN4O2S/c1-15-8-11-21(17(3)12-15)30-24(19-6-4-5-7-22(19)31)28-29-25(30)33-14-23(32)27-18-9-10-20(26)16(2)13-18/h4-13,31H,14H2,1-3H3,(H,27,32). The van der Waals surface area contributed by atoms with Crippen LogP contribution in [0.4, 0.5) is 5.69 Å². The number of hydrogen-bond acceptors (Lipinski definition) is 5. The first-order valence-electron chi connectivity index (χ1n) is 10.3. The van der Waals surface area contributed by atoms with E-state index in [1.165, 1.54) is 11.8 Å². The molecule has 2 N–H and O–H groups in total. The second-order valence-corrected chi connectivity index (χ2v) is 9.10. The zero-order chi connectivity index (χ0) is 23.5. The number of phenolic OH excluding ortho intramolecular Hbond substituents is 1. The van der Waals surface area contributed by atoms with E-state index in [9.17, 15) is 9.90 Å². The Hall–Kier alpha value is -3.29. The molecule has 0 aliphatic heterocycles. The number of phenols is 1. The molecule has 3 aromatic carbocycles. The molecule has 0 saturated carbocycles. The van der Waals surface area contributed by atoms with Gasteiger partial charge in [-0.1, -0.05) is 53.2 Å². The lowest BCUT2D eigenvalue weighted by atomic mass is 10.1. The van der Waals surface area contributed by atoms with Crippen molar-refractivity contribution in [3.05, 3.63) is 82.4 Å². The van der Waals surface area contributed by atoms with Crippen LogP contribution in [-0.2, 0) is 4.79 Å². The summed E-state index contributed by atoms with van der Waals surface area (Å²) >= 11 is 7.35. The van der Waals surface area contributed by atoms with E-state index in [0.29, 0.717) is 27.3 Å². The van der Waals surface area contributed by atoms with Gasteiger partial charge in [-0.2, -0.15) is 0 Å². The van der Waals surface area contributed by atoms with E-state index in [-0.39, 0.29) is 17.4 Å². The molecule has 4 aromatic rings. The van der Waals surface area contributed by atoms with E-state index in [2.05, 4.69) is 21.6 Å². The van der Waals surface area contributed by atoms with Gasteiger partial charge in [-0.15, -0.1) is 10.2 Å². The molecule has 0 radical (unpaired) electrons. The summed E-state index contributed by atoms with van der Waals surface area (Å²) in [6.07, 6.45) is 0. The first-order valence-corrected chi connectivity index (χ1v) is 11.7. The van der Waals surface area contributed by atoms with Crippen LogP contribution in [0.1, 0.15) is 16.7 Å². The van der Waals surface area contributed by atoms with Crippen LogP contribution in [0.2, 0.25) is 5.02 Å². The number of thioether (sulfide) groups is 1. The highest BCUT2D eigenvalue weighted by Crippen LogP contribution is 2.33. The molecule has 8 heteroatoms. The molecule has 0 atom stereocenters.